The molecule has 2 amide bonds. The van der Waals surface area contributed by atoms with Crippen molar-refractivity contribution in [2.24, 2.45) is 5.41 Å². The molecule has 0 N–H and O–H groups in total. The fourth-order valence-corrected chi connectivity index (χ4v) is 4.57. The first-order valence-corrected chi connectivity index (χ1v) is 10.3. The Hall–Kier alpha value is -2.81. The van der Waals surface area contributed by atoms with Crippen LogP contribution in [0, 0.1) is 5.41 Å². The van der Waals surface area contributed by atoms with E-state index < -0.39 is 5.41 Å². The van der Waals surface area contributed by atoms with Crippen molar-refractivity contribution >= 4 is 11.8 Å². The summed E-state index contributed by atoms with van der Waals surface area (Å²) in [5, 5.41) is 0. The molecule has 2 aliphatic heterocycles. The van der Waals surface area contributed by atoms with E-state index in [4.69, 9.17) is 4.74 Å². The quantitative estimate of drug-likeness (QED) is 0.711. The molecule has 1 spiro atoms. The number of likely N-dealkylation sites (tertiary alicyclic amines) is 2. The first-order valence-electron chi connectivity index (χ1n) is 10.3. The van der Waals surface area contributed by atoms with Crippen molar-refractivity contribution in [2.45, 2.75) is 32.2 Å². The van der Waals surface area contributed by atoms with Gasteiger partial charge in [0.1, 0.15) is 5.69 Å². The molecular weight excluding hydrogens is 384 g/mol. The smallest absolute Gasteiger partial charge is 0.274 e. The number of hydrogen-bond donors (Lipinski definition) is 0. The summed E-state index contributed by atoms with van der Waals surface area (Å²) in [7, 11) is 1.63. The zero-order valence-corrected chi connectivity index (χ0v) is 17.7. The summed E-state index contributed by atoms with van der Waals surface area (Å²) >= 11 is 0. The predicted octanol–water partition coefficient (Wildman–Crippen LogP) is 1.36. The van der Waals surface area contributed by atoms with Gasteiger partial charge in [-0.05, 0) is 20.3 Å². The number of imidazole rings is 1. The molecule has 0 unspecified atom stereocenters. The minimum Gasteiger partial charge on any atom is -0.383 e. The number of hydrogen-bond acceptors (Lipinski definition) is 6. The van der Waals surface area contributed by atoms with Gasteiger partial charge in [0.2, 0.25) is 5.91 Å². The van der Waals surface area contributed by atoms with Gasteiger partial charge in [0.05, 0.1) is 30.2 Å². The molecule has 0 saturated carbocycles. The van der Waals surface area contributed by atoms with Crippen molar-refractivity contribution in [1.82, 2.24) is 29.3 Å². The van der Waals surface area contributed by atoms with Crippen LogP contribution in [0.2, 0.25) is 0 Å². The second kappa shape index (κ2) is 8.14. The zero-order chi connectivity index (χ0) is 21.3. The molecule has 0 radical (unpaired) electrons. The van der Waals surface area contributed by atoms with E-state index in [1.165, 1.54) is 18.6 Å². The van der Waals surface area contributed by atoms with Crippen LogP contribution < -0.4 is 0 Å². The van der Waals surface area contributed by atoms with E-state index in [2.05, 4.69) is 28.8 Å². The van der Waals surface area contributed by atoms with E-state index in [-0.39, 0.29) is 23.8 Å². The molecule has 0 bridgehead atoms. The number of ether oxygens (including phenoxy) is 1. The molecule has 2 fully saturated rings. The zero-order valence-electron chi connectivity index (χ0n) is 17.7. The fraction of sp³-hybridized carbons (Fsp3) is 0.571. The third kappa shape index (κ3) is 3.47. The van der Waals surface area contributed by atoms with Gasteiger partial charge in [0.25, 0.3) is 5.91 Å². The first-order chi connectivity index (χ1) is 14.5. The Morgan fingerprint density at radius 3 is 2.83 bits per heavy atom. The molecule has 30 heavy (non-hydrogen) atoms. The van der Waals surface area contributed by atoms with Gasteiger partial charge in [-0.2, -0.15) is 0 Å². The van der Waals surface area contributed by atoms with E-state index in [9.17, 15) is 9.59 Å². The number of carbonyl (C=O) groups is 2. The van der Waals surface area contributed by atoms with Gasteiger partial charge >= 0.3 is 0 Å². The summed E-state index contributed by atoms with van der Waals surface area (Å²) in [5.74, 6) is -0.271. The van der Waals surface area contributed by atoms with E-state index in [1.54, 1.807) is 12.0 Å². The molecule has 0 aromatic carbocycles. The highest BCUT2D eigenvalue weighted by Gasteiger charge is 2.58. The Morgan fingerprint density at radius 1 is 1.33 bits per heavy atom. The lowest BCUT2D eigenvalue weighted by molar-refractivity contribution is -0.136. The molecule has 4 heterocycles. The topological polar surface area (TPSA) is 93.4 Å². The molecular formula is C21H28N6O3. The van der Waals surface area contributed by atoms with Gasteiger partial charge in [-0.1, -0.05) is 0 Å². The summed E-state index contributed by atoms with van der Waals surface area (Å²) < 4.78 is 7.21. The van der Waals surface area contributed by atoms with Gasteiger partial charge in [0.15, 0.2) is 0 Å². The van der Waals surface area contributed by atoms with E-state index >= 15 is 0 Å². The van der Waals surface area contributed by atoms with Crippen molar-refractivity contribution in [3.8, 4) is 0 Å². The molecule has 2 aliphatic rings. The summed E-state index contributed by atoms with van der Waals surface area (Å²) in [6.45, 7) is 6.70. The Morgan fingerprint density at radius 2 is 2.17 bits per heavy atom. The van der Waals surface area contributed by atoms with Crippen LogP contribution in [0.15, 0.2) is 31.1 Å². The minimum atomic E-state index is -0.665. The third-order valence-electron chi connectivity index (χ3n) is 6.29. The maximum Gasteiger partial charge on any atom is 0.274 e. The molecule has 2 aromatic rings. The molecule has 2 saturated heterocycles. The number of amides is 2. The summed E-state index contributed by atoms with van der Waals surface area (Å²) in [4.78, 5) is 43.0. The van der Waals surface area contributed by atoms with Crippen molar-refractivity contribution in [2.75, 3.05) is 39.9 Å². The third-order valence-corrected chi connectivity index (χ3v) is 6.29. The highest BCUT2D eigenvalue weighted by atomic mass is 16.5. The predicted molar refractivity (Wildman–Crippen MR) is 109 cm³/mol. The maximum absolute atomic E-state index is 13.5. The van der Waals surface area contributed by atoms with Gasteiger partial charge in [-0.3, -0.25) is 14.6 Å². The number of methoxy groups -OCH3 is 1. The van der Waals surface area contributed by atoms with Crippen LogP contribution in [0.3, 0.4) is 0 Å². The van der Waals surface area contributed by atoms with Gasteiger partial charge in [-0.25, -0.2) is 9.97 Å². The average molecular weight is 412 g/mol. The highest BCUT2D eigenvalue weighted by molar-refractivity contribution is 5.94. The van der Waals surface area contributed by atoms with Crippen molar-refractivity contribution in [3.05, 3.63) is 42.5 Å². The summed E-state index contributed by atoms with van der Waals surface area (Å²) in [5.41, 5.74) is 0.490. The largest absolute Gasteiger partial charge is 0.383 e. The van der Waals surface area contributed by atoms with Gasteiger partial charge in [0, 0.05) is 63.8 Å². The van der Waals surface area contributed by atoms with Gasteiger partial charge in [-0.15, -0.1) is 0 Å². The lowest BCUT2D eigenvalue weighted by Crippen LogP contribution is -2.41. The molecule has 2 aromatic heterocycles. The normalized spacial score (nSPS) is 23.9. The van der Waals surface area contributed by atoms with Crippen LogP contribution in [-0.2, 0) is 9.53 Å². The number of nitrogens with zero attached hydrogens (tertiary/aromatic N) is 6. The molecule has 9 heteroatoms. The van der Waals surface area contributed by atoms with Crippen molar-refractivity contribution in [3.63, 3.8) is 0 Å². The van der Waals surface area contributed by atoms with Crippen LogP contribution in [0.1, 0.15) is 48.4 Å². The molecule has 2 atom stereocenters. The average Bonchev–Trinajstić information content (AvgIpc) is 3.46. The Labute approximate surface area is 176 Å². The second-order valence-corrected chi connectivity index (χ2v) is 8.36. The van der Waals surface area contributed by atoms with E-state index in [1.807, 2.05) is 22.0 Å². The van der Waals surface area contributed by atoms with Crippen molar-refractivity contribution < 1.29 is 14.3 Å². The maximum atomic E-state index is 13.5. The monoisotopic (exact) mass is 412 g/mol. The molecule has 9 nitrogen and oxygen atoms in total. The molecule has 4 rings (SSSR count). The summed E-state index contributed by atoms with van der Waals surface area (Å²) in [6, 6.07) is 0.276. The fourth-order valence-electron chi connectivity index (χ4n) is 4.57. The van der Waals surface area contributed by atoms with Crippen LogP contribution in [0.5, 0.6) is 0 Å². The number of rotatable bonds is 6. The Bertz CT molecular complexity index is 914. The standard InChI is InChI=1S/C21H28N6O3/c1-15(2)27-12-18(24-14-27)16-11-26(19(28)17-10-22-5-6-23-17)13-21(16)4-7-25(20(21)29)8-9-30-3/h5-6,10,12,14-16H,4,7-9,11,13H2,1-3H3/t16-,21-/m1/s1. The lowest BCUT2D eigenvalue weighted by Gasteiger charge is -2.27. The summed E-state index contributed by atoms with van der Waals surface area (Å²) in [6.07, 6.45) is 9.03. The van der Waals surface area contributed by atoms with Gasteiger partial charge < -0.3 is 19.1 Å². The second-order valence-electron chi connectivity index (χ2n) is 8.36. The number of carbonyl (C=O) groups excluding carboxylic acids is 2. The molecule has 160 valence electrons. The number of aromatic nitrogens is 4. The van der Waals surface area contributed by atoms with Crippen LogP contribution >= 0.6 is 0 Å². The SMILES string of the molecule is COCCN1CC[C@]2(CN(C(=O)c3cnccn3)C[C@@H]2c2cn(C(C)C)cn2)C1=O. The Balaban J connectivity index is 1.66. The first kappa shape index (κ1) is 20.5. The Kier molecular flexibility index (Phi) is 5.55. The van der Waals surface area contributed by atoms with Crippen LogP contribution in [0.4, 0.5) is 0 Å². The van der Waals surface area contributed by atoms with E-state index in [0.29, 0.717) is 44.9 Å². The lowest BCUT2D eigenvalue weighted by atomic mass is 9.75. The minimum absolute atomic E-state index is 0.0816. The van der Waals surface area contributed by atoms with Crippen LogP contribution in [-0.4, -0.2) is 81.0 Å². The highest BCUT2D eigenvalue weighted by Crippen LogP contribution is 2.49. The van der Waals surface area contributed by atoms with Crippen molar-refractivity contribution in [1.29, 1.82) is 0 Å². The van der Waals surface area contributed by atoms with E-state index in [0.717, 1.165) is 5.69 Å². The molecule has 0 aliphatic carbocycles. The van der Waals surface area contributed by atoms with Crippen LogP contribution in [0.25, 0.3) is 0 Å².